The highest BCUT2D eigenvalue weighted by Gasteiger charge is 1.96. The molecule has 0 unspecified atom stereocenters. The monoisotopic (exact) mass is 210 g/mol. The largest absolute Gasteiger partial charge is 0.380 e. The average molecular weight is 210 g/mol. The van der Waals surface area contributed by atoms with Gasteiger partial charge >= 0.3 is 0 Å². The van der Waals surface area contributed by atoms with Gasteiger partial charge in [0.05, 0.1) is 6.61 Å². The van der Waals surface area contributed by atoms with Crippen LogP contribution >= 0.6 is 0 Å². The van der Waals surface area contributed by atoms with Crippen LogP contribution in [0.3, 0.4) is 0 Å². The molecule has 0 radical (unpaired) electrons. The molecule has 0 bridgehead atoms. The Balaban J connectivity index is 2.23. The molecule has 1 N–H and O–H groups in total. The van der Waals surface area contributed by atoms with Crippen molar-refractivity contribution in [2.45, 2.75) is 33.4 Å². The van der Waals surface area contributed by atoms with Crippen molar-refractivity contribution in [2.24, 2.45) is 0 Å². The molecular formula is C12H22N2O. The molecule has 0 aliphatic carbocycles. The van der Waals surface area contributed by atoms with Crippen LogP contribution in [0.4, 0.5) is 0 Å². The van der Waals surface area contributed by atoms with E-state index in [-0.39, 0.29) is 0 Å². The second-order valence-corrected chi connectivity index (χ2v) is 3.63. The highest BCUT2D eigenvalue weighted by atomic mass is 16.5. The van der Waals surface area contributed by atoms with E-state index in [9.17, 15) is 0 Å². The van der Waals surface area contributed by atoms with E-state index in [4.69, 9.17) is 4.74 Å². The van der Waals surface area contributed by atoms with E-state index >= 15 is 0 Å². The highest BCUT2D eigenvalue weighted by Crippen LogP contribution is 2.00. The summed E-state index contributed by atoms with van der Waals surface area (Å²) < 4.78 is 7.49. The third-order valence-electron chi connectivity index (χ3n) is 2.27. The lowest BCUT2D eigenvalue weighted by Crippen LogP contribution is -2.13. The van der Waals surface area contributed by atoms with Crippen LogP contribution in [0.15, 0.2) is 18.5 Å². The Bertz CT molecular complexity index is 233. The molecule has 0 amide bonds. The maximum atomic E-state index is 5.31. The topological polar surface area (TPSA) is 26.2 Å². The van der Waals surface area contributed by atoms with Gasteiger partial charge in [-0.1, -0.05) is 6.92 Å². The molecule has 1 heterocycles. The second-order valence-electron chi connectivity index (χ2n) is 3.63. The Morgan fingerprint density at radius 2 is 2.27 bits per heavy atom. The van der Waals surface area contributed by atoms with Gasteiger partial charge in [-0.2, -0.15) is 0 Å². The molecule has 0 saturated carbocycles. The third kappa shape index (κ3) is 5.00. The number of ether oxygens (including phenoxy) is 1. The Labute approximate surface area is 92.4 Å². The summed E-state index contributed by atoms with van der Waals surface area (Å²) in [5.41, 5.74) is 1.35. The second kappa shape index (κ2) is 7.49. The van der Waals surface area contributed by atoms with Crippen molar-refractivity contribution in [3.8, 4) is 0 Å². The fourth-order valence-corrected chi connectivity index (χ4v) is 1.46. The fourth-order valence-electron chi connectivity index (χ4n) is 1.46. The van der Waals surface area contributed by atoms with Crippen molar-refractivity contribution >= 4 is 0 Å². The normalized spacial score (nSPS) is 10.8. The molecule has 3 nitrogen and oxygen atoms in total. The zero-order chi connectivity index (χ0) is 10.9. The van der Waals surface area contributed by atoms with Crippen molar-refractivity contribution in [3.63, 3.8) is 0 Å². The first kappa shape index (κ1) is 12.3. The van der Waals surface area contributed by atoms with Crippen LogP contribution < -0.4 is 5.32 Å². The minimum Gasteiger partial charge on any atom is -0.380 e. The summed E-state index contributed by atoms with van der Waals surface area (Å²) in [7, 11) is 0. The van der Waals surface area contributed by atoms with Gasteiger partial charge in [0.1, 0.15) is 0 Å². The van der Waals surface area contributed by atoms with Gasteiger partial charge in [0, 0.05) is 32.1 Å². The molecule has 3 heteroatoms. The summed E-state index contributed by atoms with van der Waals surface area (Å²) in [4.78, 5) is 0. The van der Waals surface area contributed by atoms with Gasteiger partial charge in [-0.25, -0.2) is 0 Å². The summed E-state index contributed by atoms with van der Waals surface area (Å²) in [6.45, 7) is 8.80. The Morgan fingerprint density at radius 1 is 1.40 bits per heavy atom. The molecule has 0 saturated heterocycles. The van der Waals surface area contributed by atoms with Gasteiger partial charge in [0.2, 0.25) is 0 Å². The van der Waals surface area contributed by atoms with E-state index < -0.39 is 0 Å². The molecule has 0 aliphatic heterocycles. The van der Waals surface area contributed by atoms with Crippen molar-refractivity contribution in [1.29, 1.82) is 0 Å². The van der Waals surface area contributed by atoms with E-state index in [0.717, 1.165) is 32.8 Å². The number of nitrogens with one attached hydrogen (secondary N) is 1. The van der Waals surface area contributed by atoms with Crippen molar-refractivity contribution < 1.29 is 4.74 Å². The molecule has 1 aromatic heterocycles. The molecule has 0 aliphatic rings. The Kier molecular flexibility index (Phi) is 6.12. The van der Waals surface area contributed by atoms with Gasteiger partial charge in [-0.05, 0) is 31.5 Å². The minimum atomic E-state index is 0.798. The molecule has 15 heavy (non-hydrogen) atoms. The smallest absolute Gasteiger partial charge is 0.0645 e. The minimum absolute atomic E-state index is 0.798. The number of nitrogens with zero attached hydrogens (tertiary/aromatic N) is 1. The number of hydrogen-bond donors (Lipinski definition) is 1. The predicted molar refractivity (Wildman–Crippen MR) is 62.9 cm³/mol. The van der Waals surface area contributed by atoms with E-state index in [0.29, 0.717) is 0 Å². The Hall–Kier alpha value is -0.800. The Morgan fingerprint density at radius 3 is 3.00 bits per heavy atom. The first-order valence-corrected chi connectivity index (χ1v) is 5.80. The molecular weight excluding hydrogens is 188 g/mol. The van der Waals surface area contributed by atoms with Crippen LogP contribution in [0, 0.1) is 0 Å². The maximum absolute atomic E-state index is 5.31. The molecule has 86 valence electrons. The van der Waals surface area contributed by atoms with Crippen molar-refractivity contribution in [1.82, 2.24) is 9.88 Å². The van der Waals surface area contributed by atoms with Crippen LogP contribution in [0.25, 0.3) is 0 Å². The quantitative estimate of drug-likeness (QED) is 0.664. The van der Waals surface area contributed by atoms with Crippen LogP contribution in [0.2, 0.25) is 0 Å². The average Bonchev–Trinajstić information content (AvgIpc) is 2.67. The highest BCUT2D eigenvalue weighted by molar-refractivity contribution is 5.09. The van der Waals surface area contributed by atoms with E-state index in [2.05, 4.69) is 35.3 Å². The lowest BCUT2D eigenvalue weighted by atomic mass is 10.3. The summed E-state index contributed by atoms with van der Waals surface area (Å²) >= 11 is 0. The molecule has 1 rings (SSSR count). The summed E-state index contributed by atoms with van der Waals surface area (Å²) in [5.74, 6) is 0. The van der Waals surface area contributed by atoms with Gasteiger partial charge < -0.3 is 14.6 Å². The standard InChI is InChI=1S/C12H22N2O/c1-3-6-13-10-12-5-7-14(11-12)8-9-15-4-2/h5,7,11,13H,3-4,6,8-10H2,1-2H3. The fraction of sp³-hybridized carbons (Fsp3) is 0.667. The van der Waals surface area contributed by atoms with E-state index in [1.54, 1.807) is 0 Å². The maximum Gasteiger partial charge on any atom is 0.0645 e. The molecule has 0 spiro atoms. The number of aromatic nitrogens is 1. The summed E-state index contributed by atoms with van der Waals surface area (Å²) in [5, 5.41) is 3.39. The van der Waals surface area contributed by atoms with Crippen LogP contribution in [0.5, 0.6) is 0 Å². The van der Waals surface area contributed by atoms with Crippen LogP contribution in [0.1, 0.15) is 25.8 Å². The van der Waals surface area contributed by atoms with Gasteiger partial charge in [-0.3, -0.25) is 0 Å². The summed E-state index contributed by atoms with van der Waals surface area (Å²) in [6, 6.07) is 2.16. The van der Waals surface area contributed by atoms with Crippen molar-refractivity contribution in [3.05, 3.63) is 24.0 Å². The third-order valence-corrected chi connectivity index (χ3v) is 2.27. The van der Waals surface area contributed by atoms with Gasteiger partial charge in [-0.15, -0.1) is 0 Å². The van der Waals surface area contributed by atoms with E-state index in [1.807, 2.05) is 6.92 Å². The molecule has 0 fully saturated rings. The lowest BCUT2D eigenvalue weighted by Gasteiger charge is -2.03. The zero-order valence-corrected chi connectivity index (χ0v) is 9.83. The number of rotatable bonds is 8. The molecule has 0 atom stereocenters. The summed E-state index contributed by atoms with van der Waals surface area (Å²) in [6.07, 6.45) is 5.48. The van der Waals surface area contributed by atoms with Crippen LogP contribution in [-0.4, -0.2) is 24.3 Å². The zero-order valence-electron chi connectivity index (χ0n) is 9.83. The van der Waals surface area contributed by atoms with Gasteiger partial charge in [0.25, 0.3) is 0 Å². The molecule has 0 aromatic carbocycles. The lowest BCUT2D eigenvalue weighted by molar-refractivity contribution is 0.139. The predicted octanol–water partition coefficient (Wildman–Crippen LogP) is 2.02. The van der Waals surface area contributed by atoms with Crippen molar-refractivity contribution in [2.75, 3.05) is 19.8 Å². The first-order chi connectivity index (χ1) is 7.36. The first-order valence-electron chi connectivity index (χ1n) is 5.80. The van der Waals surface area contributed by atoms with Gasteiger partial charge in [0.15, 0.2) is 0 Å². The molecule has 1 aromatic rings. The van der Waals surface area contributed by atoms with E-state index in [1.165, 1.54) is 12.0 Å². The number of hydrogen-bond acceptors (Lipinski definition) is 2. The SMILES string of the molecule is CCCNCc1ccn(CCOCC)c1. The van der Waals surface area contributed by atoms with Crippen LogP contribution in [-0.2, 0) is 17.8 Å².